The molecule has 0 bridgehead atoms. The van der Waals surface area contributed by atoms with Crippen LogP contribution in [0.4, 0.5) is 0 Å². The summed E-state index contributed by atoms with van der Waals surface area (Å²) in [6, 6.07) is 0. The van der Waals surface area contributed by atoms with Gasteiger partial charge in [-0.15, -0.1) is 0 Å². The molecule has 0 aromatic carbocycles. The highest BCUT2D eigenvalue weighted by atomic mass is 16.6. The van der Waals surface area contributed by atoms with Crippen LogP contribution >= 0.6 is 0 Å². The SMILES string of the molecule is C=C1CCCC(C)(C)C1CCC1(C)CCC(=O)O1. The van der Waals surface area contributed by atoms with E-state index in [0.29, 0.717) is 17.8 Å². The molecule has 0 amide bonds. The molecule has 18 heavy (non-hydrogen) atoms. The minimum Gasteiger partial charge on any atom is -0.459 e. The predicted molar refractivity (Wildman–Crippen MR) is 73.2 cm³/mol. The van der Waals surface area contributed by atoms with Crippen molar-refractivity contribution < 1.29 is 9.53 Å². The van der Waals surface area contributed by atoms with Gasteiger partial charge >= 0.3 is 5.97 Å². The van der Waals surface area contributed by atoms with Crippen molar-refractivity contribution in [3.05, 3.63) is 12.2 Å². The van der Waals surface area contributed by atoms with Gasteiger partial charge in [0, 0.05) is 6.42 Å². The molecule has 1 aliphatic carbocycles. The van der Waals surface area contributed by atoms with Crippen molar-refractivity contribution in [2.24, 2.45) is 11.3 Å². The Morgan fingerprint density at radius 1 is 1.28 bits per heavy atom. The fourth-order valence-corrected chi connectivity index (χ4v) is 3.64. The molecule has 0 radical (unpaired) electrons. The summed E-state index contributed by atoms with van der Waals surface area (Å²) in [6.07, 6.45) is 7.28. The van der Waals surface area contributed by atoms with Crippen molar-refractivity contribution in [2.45, 2.75) is 71.3 Å². The van der Waals surface area contributed by atoms with Gasteiger partial charge in [-0.2, -0.15) is 0 Å². The molecule has 1 heterocycles. The molecule has 2 fully saturated rings. The quantitative estimate of drug-likeness (QED) is 0.553. The van der Waals surface area contributed by atoms with Crippen molar-refractivity contribution >= 4 is 5.97 Å². The van der Waals surface area contributed by atoms with Gasteiger partial charge in [-0.25, -0.2) is 0 Å². The summed E-state index contributed by atoms with van der Waals surface area (Å²) in [5.41, 5.74) is 1.54. The number of allylic oxidation sites excluding steroid dienone is 1. The first kappa shape index (κ1) is 13.6. The Morgan fingerprint density at radius 3 is 2.56 bits per heavy atom. The molecule has 2 nitrogen and oxygen atoms in total. The van der Waals surface area contributed by atoms with Crippen LogP contribution < -0.4 is 0 Å². The van der Waals surface area contributed by atoms with E-state index in [-0.39, 0.29) is 11.6 Å². The average molecular weight is 250 g/mol. The van der Waals surface area contributed by atoms with Crippen molar-refractivity contribution in [3.8, 4) is 0 Å². The third kappa shape index (κ3) is 2.78. The summed E-state index contributed by atoms with van der Waals surface area (Å²) in [4.78, 5) is 11.3. The molecular weight excluding hydrogens is 224 g/mol. The smallest absolute Gasteiger partial charge is 0.306 e. The monoisotopic (exact) mass is 250 g/mol. The second-order valence-electron chi connectivity index (χ2n) is 7.02. The highest BCUT2D eigenvalue weighted by Gasteiger charge is 2.39. The predicted octanol–water partition coefficient (Wildman–Crippen LogP) is 4.24. The Hall–Kier alpha value is -0.790. The number of ether oxygens (including phenoxy) is 1. The van der Waals surface area contributed by atoms with Gasteiger partial charge in [0.1, 0.15) is 5.60 Å². The van der Waals surface area contributed by atoms with Crippen molar-refractivity contribution in [1.82, 2.24) is 0 Å². The Bertz CT molecular complexity index is 356. The molecule has 1 saturated carbocycles. The zero-order valence-electron chi connectivity index (χ0n) is 12.1. The van der Waals surface area contributed by atoms with Crippen LogP contribution in [0.3, 0.4) is 0 Å². The van der Waals surface area contributed by atoms with E-state index in [4.69, 9.17) is 4.74 Å². The van der Waals surface area contributed by atoms with Crippen molar-refractivity contribution in [2.75, 3.05) is 0 Å². The molecule has 1 aliphatic heterocycles. The van der Waals surface area contributed by atoms with Crippen molar-refractivity contribution in [1.29, 1.82) is 0 Å². The number of rotatable bonds is 3. The fourth-order valence-electron chi connectivity index (χ4n) is 3.64. The van der Waals surface area contributed by atoms with Crippen LogP contribution in [0, 0.1) is 11.3 Å². The standard InChI is InChI=1S/C16H26O2/c1-12-6-5-9-15(2,3)13(12)7-10-16(4)11-8-14(17)18-16/h13H,1,5-11H2,2-4H3. The van der Waals surface area contributed by atoms with E-state index in [1.807, 2.05) is 0 Å². The lowest BCUT2D eigenvalue weighted by Gasteiger charge is -2.41. The van der Waals surface area contributed by atoms with E-state index in [1.54, 1.807) is 0 Å². The number of carbonyl (C=O) groups excluding carboxylic acids is 1. The maximum atomic E-state index is 11.3. The van der Waals surface area contributed by atoms with Crippen LogP contribution in [-0.4, -0.2) is 11.6 Å². The molecule has 2 heteroatoms. The third-order valence-electron chi connectivity index (χ3n) is 4.94. The van der Waals surface area contributed by atoms with E-state index in [2.05, 4.69) is 27.4 Å². The van der Waals surface area contributed by atoms with Crippen LogP contribution in [0.2, 0.25) is 0 Å². The fraction of sp³-hybridized carbons (Fsp3) is 0.812. The molecule has 0 aromatic heterocycles. The lowest BCUT2D eigenvalue weighted by atomic mass is 9.64. The topological polar surface area (TPSA) is 26.3 Å². The van der Waals surface area contributed by atoms with E-state index in [0.717, 1.165) is 19.3 Å². The van der Waals surface area contributed by atoms with Crippen LogP contribution in [0.1, 0.15) is 65.7 Å². The summed E-state index contributed by atoms with van der Waals surface area (Å²) in [6.45, 7) is 11.1. The minimum absolute atomic E-state index is 0.0285. The summed E-state index contributed by atoms with van der Waals surface area (Å²) < 4.78 is 5.47. The lowest BCUT2D eigenvalue weighted by Crippen LogP contribution is -2.32. The third-order valence-corrected chi connectivity index (χ3v) is 4.94. The van der Waals surface area contributed by atoms with Crippen LogP contribution in [0.25, 0.3) is 0 Å². The van der Waals surface area contributed by atoms with Gasteiger partial charge < -0.3 is 4.74 Å². The molecule has 1 saturated heterocycles. The molecular formula is C16H26O2. The van der Waals surface area contributed by atoms with Gasteiger partial charge in [-0.3, -0.25) is 4.79 Å². The number of cyclic esters (lactones) is 1. The van der Waals surface area contributed by atoms with Crippen LogP contribution in [0.15, 0.2) is 12.2 Å². The van der Waals surface area contributed by atoms with E-state index < -0.39 is 0 Å². The molecule has 2 atom stereocenters. The average Bonchev–Trinajstić information content (AvgIpc) is 2.57. The summed E-state index contributed by atoms with van der Waals surface area (Å²) >= 11 is 0. The van der Waals surface area contributed by atoms with E-state index in [1.165, 1.54) is 24.8 Å². The zero-order valence-corrected chi connectivity index (χ0v) is 12.1. The number of hydrogen-bond acceptors (Lipinski definition) is 2. The normalized spacial score (nSPS) is 35.6. The van der Waals surface area contributed by atoms with Crippen molar-refractivity contribution in [3.63, 3.8) is 0 Å². The van der Waals surface area contributed by atoms with Crippen LogP contribution in [-0.2, 0) is 9.53 Å². The van der Waals surface area contributed by atoms with Gasteiger partial charge in [0.2, 0.25) is 0 Å². The Morgan fingerprint density at radius 2 is 2.00 bits per heavy atom. The van der Waals surface area contributed by atoms with Gasteiger partial charge in [-0.1, -0.05) is 26.0 Å². The Kier molecular flexibility index (Phi) is 3.57. The summed E-state index contributed by atoms with van der Waals surface area (Å²) in [5.74, 6) is 0.557. The number of hydrogen-bond donors (Lipinski definition) is 0. The maximum absolute atomic E-state index is 11.3. The van der Waals surface area contributed by atoms with Gasteiger partial charge in [0.05, 0.1) is 0 Å². The summed E-state index contributed by atoms with van der Waals surface area (Å²) in [5, 5.41) is 0. The Labute approximate surface area is 111 Å². The molecule has 2 unspecified atom stereocenters. The highest BCUT2D eigenvalue weighted by Crippen LogP contribution is 2.46. The minimum atomic E-state index is -0.217. The molecule has 0 N–H and O–H groups in total. The number of esters is 1. The first-order chi connectivity index (χ1) is 8.32. The van der Waals surface area contributed by atoms with E-state index in [9.17, 15) is 4.79 Å². The second kappa shape index (κ2) is 4.71. The highest BCUT2D eigenvalue weighted by molar-refractivity contribution is 5.72. The van der Waals surface area contributed by atoms with Crippen LogP contribution in [0.5, 0.6) is 0 Å². The molecule has 2 aliphatic rings. The molecule has 0 aromatic rings. The number of carbonyl (C=O) groups is 1. The van der Waals surface area contributed by atoms with Gasteiger partial charge in [0.25, 0.3) is 0 Å². The summed E-state index contributed by atoms with van der Waals surface area (Å²) in [7, 11) is 0. The first-order valence-electron chi connectivity index (χ1n) is 7.22. The van der Waals surface area contributed by atoms with E-state index >= 15 is 0 Å². The molecule has 102 valence electrons. The Balaban J connectivity index is 1.96. The lowest BCUT2D eigenvalue weighted by molar-refractivity contribution is -0.147. The van der Waals surface area contributed by atoms with Gasteiger partial charge in [0.15, 0.2) is 0 Å². The molecule has 2 rings (SSSR count). The molecule has 0 spiro atoms. The zero-order chi connectivity index (χ0) is 13.4. The second-order valence-corrected chi connectivity index (χ2v) is 7.02. The maximum Gasteiger partial charge on any atom is 0.306 e. The largest absolute Gasteiger partial charge is 0.459 e. The first-order valence-corrected chi connectivity index (χ1v) is 7.22. The van der Waals surface area contributed by atoms with Gasteiger partial charge in [-0.05, 0) is 56.8 Å².